The van der Waals surface area contributed by atoms with E-state index in [1.54, 1.807) is 0 Å². The average molecular weight is 329 g/mol. The van der Waals surface area contributed by atoms with Crippen molar-refractivity contribution in [3.8, 4) is 0 Å². The lowest BCUT2D eigenvalue weighted by molar-refractivity contribution is -0.111. The largest absolute Gasteiger partial charge is 0.289 e. The van der Waals surface area contributed by atoms with Gasteiger partial charge in [-0.1, -0.05) is 47.5 Å². The van der Waals surface area contributed by atoms with Gasteiger partial charge in [0.25, 0.3) is 0 Å². The molecule has 2 aromatic carbocycles. The van der Waals surface area contributed by atoms with Crippen molar-refractivity contribution in [3.63, 3.8) is 0 Å². The van der Waals surface area contributed by atoms with E-state index in [1.807, 2.05) is 60.7 Å². The zero-order valence-electron chi connectivity index (χ0n) is 11.9. The summed E-state index contributed by atoms with van der Waals surface area (Å²) in [6, 6.07) is 15.0. The first-order chi connectivity index (χ1) is 10.6. The highest BCUT2D eigenvalue weighted by Gasteiger charge is 2.22. The van der Waals surface area contributed by atoms with Crippen molar-refractivity contribution in [3.05, 3.63) is 80.8 Å². The van der Waals surface area contributed by atoms with Crippen molar-refractivity contribution in [1.82, 2.24) is 0 Å². The lowest BCUT2D eigenvalue weighted by atomic mass is 10.1. The highest BCUT2D eigenvalue weighted by molar-refractivity contribution is 6.30. The molecule has 110 valence electrons. The van der Waals surface area contributed by atoms with Crippen LogP contribution in [0.25, 0.3) is 12.2 Å². The fraction of sp³-hybridized carbons (Fsp3) is 0.105. The van der Waals surface area contributed by atoms with Gasteiger partial charge in [-0.05, 0) is 60.4 Å². The summed E-state index contributed by atoms with van der Waals surface area (Å²) in [6.45, 7) is 0. The van der Waals surface area contributed by atoms with Crippen LogP contribution in [-0.4, -0.2) is 5.78 Å². The molecular weight excluding hydrogens is 315 g/mol. The molecule has 1 fully saturated rings. The molecule has 0 amide bonds. The Hall–Kier alpha value is -1.83. The zero-order chi connectivity index (χ0) is 15.5. The Morgan fingerprint density at radius 2 is 1.05 bits per heavy atom. The van der Waals surface area contributed by atoms with E-state index in [1.165, 1.54) is 0 Å². The number of carbonyl (C=O) groups is 1. The number of carbonyl (C=O) groups excluding carboxylic acids is 1. The van der Waals surface area contributed by atoms with Gasteiger partial charge in [0.15, 0.2) is 5.78 Å². The molecular formula is C19H14Cl2O. The van der Waals surface area contributed by atoms with Gasteiger partial charge in [0.05, 0.1) is 0 Å². The first-order valence-electron chi connectivity index (χ1n) is 7.09. The van der Waals surface area contributed by atoms with Crippen LogP contribution in [-0.2, 0) is 4.79 Å². The molecule has 3 heteroatoms. The summed E-state index contributed by atoms with van der Waals surface area (Å²) in [7, 11) is 0. The minimum Gasteiger partial charge on any atom is -0.289 e. The normalized spacial score (nSPS) is 18.4. The predicted molar refractivity (Wildman–Crippen MR) is 93.1 cm³/mol. The molecule has 0 bridgehead atoms. The van der Waals surface area contributed by atoms with Crippen LogP contribution < -0.4 is 0 Å². The third-order valence-electron chi connectivity index (χ3n) is 3.67. The summed E-state index contributed by atoms with van der Waals surface area (Å²) in [5.74, 6) is 0.130. The molecule has 0 spiro atoms. The van der Waals surface area contributed by atoms with E-state index in [0.717, 1.165) is 35.1 Å². The second-order valence-electron chi connectivity index (χ2n) is 5.27. The molecule has 3 rings (SSSR count). The molecule has 1 saturated carbocycles. The topological polar surface area (TPSA) is 17.1 Å². The third-order valence-corrected chi connectivity index (χ3v) is 4.17. The van der Waals surface area contributed by atoms with Crippen molar-refractivity contribution in [2.45, 2.75) is 12.8 Å². The minimum atomic E-state index is 0.130. The molecule has 0 unspecified atom stereocenters. The number of Topliss-reactive ketones (excluding diaryl/α,β-unsaturated/α-hetero) is 1. The van der Waals surface area contributed by atoms with Crippen LogP contribution in [0.15, 0.2) is 59.7 Å². The Morgan fingerprint density at radius 1 is 0.682 bits per heavy atom. The van der Waals surface area contributed by atoms with Gasteiger partial charge in [0, 0.05) is 21.2 Å². The smallest absolute Gasteiger partial charge is 0.185 e. The molecule has 0 heterocycles. The Kier molecular flexibility index (Phi) is 4.47. The number of halogens is 2. The summed E-state index contributed by atoms with van der Waals surface area (Å²) in [5, 5.41) is 1.39. The molecule has 1 aliphatic rings. The van der Waals surface area contributed by atoms with Gasteiger partial charge in [-0.25, -0.2) is 0 Å². The summed E-state index contributed by atoms with van der Waals surface area (Å²) >= 11 is 11.8. The average Bonchev–Trinajstić information content (AvgIpc) is 2.85. The molecule has 0 saturated heterocycles. The van der Waals surface area contributed by atoms with Gasteiger partial charge < -0.3 is 0 Å². The second-order valence-corrected chi connectivity index (χ2v) is 6.14. The number of ketones is 1. The molecule has 1 nitrogen and oxygen atoms in total. The second kappa shape index (κ2) is 6.51. The molecule has 22 heavy (non-hydrogen) atoms. The fourth-order valence-electron chi connectivity index (χ4n) is 2.50. The van der Waals surface area contributed by atoms with Crippen molar-refractivity contribution in [2.75, 3.05) is 0 Å². The maximum atomic E-state index is 12.5. The molecule has 0 atom stereocenters. The minimum absolute atomic E-state index is 0.130. The SMILES string of the molecule is O=C1/C(=C/c2ccc(Cl)cc2)CC/C1=C\c1ccc(Cl)cc1. The number of allylic oxidation sites excluding steroid dienone is 2. The van der Waals surface area contributed by atoms with Crippen LogP contribution in [0.4, 0.5) is 0 Å². The lowest BCUT2D eigenvalue weighted by Gasteiger charge is -1.98. The van der Waals surface area contributed by atoms with E-state index in [-0.39, 0.29) is 5.78 Å². The van der Waals surface area contributed by atoms with Gasteiger partial charge >= 0.3 is 0 Å². The Labute approximate surface area is 139 Å². The van der Waals surface area contributed by atoms with Crippen molar-refractivity contribution in [2.24, 2.45) is 0 Å². The maximum Gasteiger partial charge on any atom is 0.185 e. The molecule has 0 N–H and O–H groups in total. The third kappa shape index (κ3) is 3.49. The van der Waals surface area contributed by atoms with E-state index in [9.17, 15) is 4.79 Å². The van der Waals surface area contributed by atoms with Crippen molar-refractivity contribution >= 4 is 41.1 Å². The van der Waals surface area contributed by atoms with Crippen LogP contribution in [0.1, 0.15) is 24.0 Å². The molecule has 2 aromatic rings. The number of rotatable bonds is 2. The Balaban J connectivity index is 1.82. The summed E-state index contributed by atoms with van der Waals surface area (Å²) in [4.78, 5) is 12.5. The van der Waals surface area contributed by atoms with E-state index in [2.05, 4.69) is 0 Å². The van der Waals surface area contributed by atoms with E-state index in [0.29, 0.717) is 10.0 Å². The first kappa shape index (κ1) is 15.1. The standard InChI is InChI=1S/C19H14Cl2O/c20-17-7-1-13(2-8-17)11-15-5-6-16(19(15)22)12-14-3-9-18(21)10-4-14/h1-4,7-12H,5-6H2/b15-11+,16-12+. The van der Waals surface area contributed by atoms with E-state index >= 15 is 0 Å². The van der Waals surface area contributed by atoms with Gasteiger partial charge in [-0.15, -0.1) is 0 Å². The number of hydrogen-bond donors (Lipinski definition) is 0. The Morgan fingerprint density at radius 3 is 1.41 bits per heavy atom. The van der Waals surface area contributed by atoms with Gasteiger partial charge in [0.2, 0.25) is 0 Å². The van der Waals surface area contributed by atoms with Crippen LogP contribution in [0.5, 0.6) is 0 Å². The number of hydrogen-bond acceptors (Lipinski definition) is 1. The quantitative estimate of drug-likeness (QED) is 0.634. The van der Waals surface area contributed by atoms with Crippen LogP contribution in [0.2, 0.25) is 10.0 Å². The summed E-state index contributed by atoms with van der Waals surface area (Å²) in [6.07, 6.45) is 5.45. The van der Waals surface area contributed by atoms with E-state index in [4.69, 9.17) is 23.2 Å². The maximum absolute atomic E-state index is 12.5. The number of benzene rings is 2. The van der Waals surface area contributed by atoms with Crippen molar-refractivity contribution < 1.29 is 4.79 Å². The predicted octanol–water partition coefficient (Wildman–Crippen LogP) is 5.82. The Bertz CT molecular complexity index is 688. The first-order valence-corrected chi connectivity index (χ1v) is 7.84. The van der Waals surface area contributed by atoms with E-state index < -0.39 is 0 Å². The zero-order valence-corrected chi connectivity index (χ0v) is 13.4. The molecule has 0 radical (unpaired) electrons. The monoisotopic (exact) mass is 328 g/mol. The fourth-order valence-corrected chi connectivity index (χ4v) is 2.75. The molecule has 0 aliphatic heterocycles. The highest BCUT2D eigenvalue weighted by atomic mass is 35.5. The summed E-state index contributed by atoms with van der Waals surface area (Å²) < 4.78 is 0. The van der Waals surface area contributed by atoms with Gasteiger partial charge in [-0.3, -0.25) is 4.79 Å². The lowest BCUT2D eigenvalue weighted by Crippen LogP contribution is -1.95. The van der Waals surface area contributed by atoms with Crippen LogP contribution >= 0.6 is 23.2 Å². The van der Waals surface area contributed by atoms with Crippen LogP contribution in [0, 0.1) is 0 Å². The highest BCUT2D eigenvalue weighted by Crippen LogP contribution is 2.29. The van der Waals surface area contributed by atoms with Gasteiger partial charge in [-0.2, -0.15) is 0 Å². The van der Waals surface area contributed by atoms with Crippen molar-refractivity contribution in [1.29, 1.82) is 0 Å². The molecule has 1 aliphatic carbocycles. The van der Waals surface area contributed by atoms with Crippen LogP contribution in [0.3, 0.4) is 0 Å². The van der Waals surface area contributed by atoms with Gasteiger partial charge in [0.1, 0.15) is 0 Å². The summed E-state index contributed by atoms with van der Waals surface area (Å²) in [5.41, 5.74) is 3.70. The molecule has 0 aromatic heterocycles.